The van der Waals surface area contributed by atoms with E-state index in [0.29, 0.717) is 11.1 Å². The van der Waals surface area contributed by atoms with Crippen LogP contribution < -0.4 is 5.32 Å². The number of hydrogen-bond acceptors (Lipinski definition) is 4. The van der Waals surface area contributed by atoms with Crippen molar-refractivity contribution >= 4 is 50.2 Å². The maximum absolute atomic E-state index is 6.24. The van der Waals surface area contributed by atoms with Crippen LogP contribution in [0.15, 0.2) is 29.6 Å². The minimum atomic E-state index is 0.569. The van der Waals surface area contributed by atoms with E-state index in [0.717, 1.165) is 17.7 Å². The van der Waals surface area contributed by atoms with Gasteiger partial charge in [0.2, 0.25) is 0 Å². The first-order valence-corrected chi connectivity index (χ1v) is 10.2. The Morgan fingerprint density at radius 3 is 2.87 bits per heavy atom. The number of hydrogen-bond donors (Lipinski definition) is 1. The molecule has 0 aliphatic heterocycles. The number of thiophene rings is 2. The highest BCUT2D eigenvalue weighted by Crippen LogP contribution is 2.41. The molecule has 5 heteroatoms. The number of aromatic nitrogens is 1. The number of pyridine rings is 1. The van der Waals surface area contributed by atoms with E-state index in [2.05, 4.69) is 33.9 Å². The summed E-state index contributed by atoms with van der Waals surface area (Å²) in [4.78, 5) is 7.34. The summed E-state index contributed by atoms with van der Waals surface area (Å²) >= 11 is 9.90. The average Bonchev–Trinajstić information content (AvgIpc) is 3.22. The van der Waals surface area contributed by atoms with Crippen LogP contribution in [0.25, 0.3) is 10.2 Å². The molecule has 3 heterocycles. The Hall–Kier alpha value is -1.10. The summed E-state index contributed by atoms with van der Waals surface area (Å²) in [6.45, 7) is 0.837. The fraction of sp³-hybridized carbons (Fsp3) is 0.389. The zero-order chi connectivity index (χ0) is 15.6. The Morgan fingerprint density at radius 2 is 2.09 bits per heavy atom. The lowest BCUT2D eigenvalue weighted by molar-refractivity contribution is 0.448. The first-order chi connectivity index (χ1) is 11.3. The predicted molar refractivity (Wildman–Crippen MR) is 102 cm³/mol. The lowest BCUT2D eigenvalue weighted by Gasteiger charge is -2.19. The Bertz CT molecular complexity index is 789. The fourth-order valence-corrected chi connectivity index (χ4v) is 5.43. The topological polar surface area (TPSA) is 24.9 Å². The molecule has 0 atom stereocenters. The van der Waals surface area contributed by atoms with Crippen LogP contribution >= 0.6 is 34.3 Å². The van der Waals surface area contributed by atoms with E-state index in [-0.39, 0.29) is 0 Å². The molecule has 0 amide bonds. The molecule has 120 valence electrons. The molecule has 23 heavy (non-hydrogen) atoms. The van der Waals surface area contributed by atoms with Crippen molar-refractivity contribution in [3.8, 4) is 0 Å². The predicted octanol–water partition coefficient (Wildman–Crippen LogP) is 6.67. The van der Waals surface area contributed by atoms with E-state index in [9.17, 15) is 0 Å². The number of rotatable bonds is 4. The normalized spacial score (nSPS) is 16.0. The molecule has 4 rings (SSSR count). The summed E-state index contributed by atoms with van der Waals surface area (Å²) in [5.74, 6) is 0.715. The number of nitrogens with one attached hydrogen (secondary N) is 1. The zero-order valence-corrected chi connectivity index (χ0v) is 15.2. The highest BCUT2D eigenvalue weighted by molar-refractivity contribution is 7.19. The van der Waals surface area contributed by atoms with E-state index in [1.54, 1.807) is 11.3 Å². The third-order valence-electron chi connectivity index (χ3n) is 4.51. The van der Waals surface area contributed by atoms with Gasteiger partial charge in [0.25, 0.3) is 0 Å². The maximum Gasteiger partial charge on any atom is 0.131 e. The monoisotopic (exact) mass is 362 g/mol. The Labute approximate surface area is 149 Å². The van der Waals surface area contributed by atoms with Gasteiger partial charge in [0.1, 0.15) is 5.15 Å². The van der Waals surface area contributed by atoms with Crippen LogP contribution in [0.1, 0.15) is 47.8 Å². The minimum Gasteiger partial charge on any atom is -0.379 e. The highest BCUT2D eigenvalue weighted by atomic mass is 35.5. The minimum absolute atomic E-state index is 0.569. The standard InChI is InChI=1S/C18H19ClN2S2/c19-17-10-14(20-11-13-7-4-8-22-13)18-15(21-17)9-16(23-18)12-5-2-1-3-6-12/h4,7-10,12H,1-3,5-6,11H2,(H,20,21). The summed E-state index contributed by atoms with van der Waals surface area (Å²) < 4.78 is 1.24. The van der Waals surface area contributed by atoms with E-state index < -0.39 is 0 Å². The molecular formula is C18H19ClN2S2. The van der Waals surface area contributed by atoms with Gasteiger partial charge >= 0.3 is 0 Å². The molecule has 1 aliphatic carbocycles. The quantitative estimate of drug-likeness (QED) is 0.524. The van der Waals surface area contributed by atoms with Crippen molar-refractivity contribution in [2.24, 2.45) is 0 Å². The summed E-state index contributed by atoms with van der Waals surface area (Å²) in [5, 5.41) is 6.22. The average molecular weight is 363 g/mol. The van der Waals surface area contributed by atoms with E-state index in [4.69, 9.17) is 11.6 Å². The number of nitrogens with zero attached hydrogens (tertiary/aromatic N) is 1. The maximum atomic E-state index is 6.24. The molecular weight excluding hydrogens is 344 g/mol. The number of anilines is 1. The van der Waals surface area contributed by atoms with Gasteiger partial charge in [0, 0.05) is 22.4 Å². The van der Waals surface area contributed by atoms with Gasteiger partial charge in [-0.1, -0.05) is 36.9 Å². The van der Waals surface area contributed by atoms with Crippen molar-refractivity contribution in [3.05, 3.63) is 44.6 Å². The third-order valence-corrected chi connectivity index (χ3v) is 6.90. The summed E-state index contributed by atoms with van der Waals surface area (Å²) in [7, 11) is 0. The largest absolute Gasteiger partial charge is 0.379 e. The molecule has 1 saturated carbocycles. The van der Waals surface area contributed by atoms with Crippen LogP contribution in [0, 0.1) is 0 Å². The lowest BCUT2D eigenvalue weighted by atomic mass is 9.88. The summed E-state index contributed by atoms with van der Waals surface area (Å²) in [6, 6.07) is 8.46. The first-order valence-electron chi connectivity index (χ1n) is 8.16. The Balaban J connectivity index is 1.64. The van der Waals surface area contributed by atoms with Crippen molar-refractivity contribution in [2.45, 2.75) is 44.6 Å². The second-order valence-corrected chi connectivity index (χ2v) is 8.63. The Morgan fingerprint density at radius 1 is 1.22 bits per heavy atom. The van der Waals surface area contributed by atoms with Gasteiger partial charge in [-0.3, -0.25) is 0 Å². The van der Waals surface area contributed by atoms with Gasteiger partial charge in [-0.25, -0.2) is 4.98 Å². The second-order valence-electron chi connectivity index (χ2n) is 6.12. The van der Waals surface area contributed by atoms with Gasteiger partial charge in [0.15, 0.2) is 0 Å². The van der Waals surface area contributed by atoms with E-state index >= 15 is 0 Å². The van der Waals surface area contributed by atoms with Crippen LogP contribution in [0.4, 0.5) is 5.69 Å². The van der Waals surface area contributed by atoms with Crippen LogP contribution in [0.3, 0.4) is 0 Å². The zero-order valence-electron chi connectivity index (χ0n) is 12.8. The van der Waals surface area contributed by atoms with Gasteiger partial charge < -0.3 is 5.32 Å². The molecule has 1 aliphatic rings. The first kappa shape index (κ1) is 15.4. The molecule has 1 fully saturated rings. The van der Waals surface area contributed by atoms with E-state index in [1.165, 1.54) is 46.6 Å². The molecule has 0 aromatic carbocycles. The van der Waals surface area contributed by atoms with Gasteiger partial charge in [-0.05, 0) is 36.3 Å². The number of halogens is 1. The third kappa shape index (κ3) is 3.39. The molecule has 3 aromatic rings. The van der Waals surface area contributed by atoms with Crippen molar-refractivity contribution in [3.63, 3.8) is 0 Å². The molecule has 1 N–H and O–H groups in total. The Kier molecular flexibility index (Phi) is 4.56. The van der Waals surface area contributed by atoms with Crippen LogP contribution in [0.2, 0.25) is 5.15 Å². The number of fused-ring (bicyclic) bond motifs is 1. The van der Waals surface area contributed by atoms with E-state index in [1.807, 2.05) is 17.4 Å². The molecule has 3 aromatic heterocycles. The van der Waals surface area contributed by atoms with Crippen LogP contribution in [-0.2, 0) is 6.54 Å². The van der Waals surface area contributed by atoms with Crippen molar-refractivity contribution < 1.29 is 0 Å². The second kappa shape index (κ2) is 6.80. The highest BCUT2D eigenvalue weighted by Gasteiger charge is 2.19. The van der Waals surface area contributed by atoms with Crippen LogP contribution in [-0.4, -0.2) is 4.98 Å². The fourth-order valence-electron chi connectivity index (χ4n) is 3.32. The van der Waals surface area contributed by atoms with Crippen LogP contribution in [0.5, 0.6) is 0 Å². The van der Waals surface area contributed by atoms with Crippen molar-refractivity contribution in [1.29, 1.82) is 0 Å². The molecule has 0 spiro atoms. The molecule has 0 unspecified atom stereocenters. The van der Waals surface area contributed by atoms with Gasteiger partial charge in [-0.2, -0.15) is 0 Å². The molecule has 0 radical (unpaired) electrons. The smallest absolute Gasteiger partial charge is 0.131 e. The SMILES string of the molecule is Clc1cc(NCc2cccs2)c2sc(C3CCCCC3)cc2n1. The van der Waals surface area contributed by atoms with Gasteiger partial charge in [-0.15, -0.1) is 22.7 Å². The molecule has 0 saturated heterocycles. The summed E-state index contributed by atoms with van der Waals surface area (Å²) in [6.07, 6.45) is 6.74. The lowest BCUT2D eigenvalue weighted by Crippen LogP contribution is -2.02. The summed E-state index contributed by atoms with van der Waals surface area (Å²) in [5.41, 5.74) is 2.15. The van der Waals surface area contributed by atoms with Gasteiger partial charge in [0.05, 0.1) is 15.9 Å². The van der Waals surface area contributed by atoms with Crippen molar-refractivity contribution in [2.75, 3.05) is 5.32 Å². The molecule has 0 bridgehead atoms. The molecule has 2 nitrogen and oxygen atoms in total. The van der Waals surface area contributed by atoms with Crippen molar-refractivity contribution in [1.82, 2.24) is 4.98 Å².